The fourth-order valence-corrected chi connectivity index (χ4v) is 3.50. The van der Waals surface area contributed by atoms with Crippen LogP contribution < -0.4 is 0 Å². The second-order valence-corrected chi connectivity index (χ2v) is 6.94. The summed E-state index contributed by atoms with van der Waals surface area (Å²) in [5.74, 6) is 0.00353. The van der Waals surface area contributed by atoms with Crippen LogP contribution in [0.5, 0.6) is 0 Å². The molecule has 1 aliphatic rings. The molecule has 150 valence electrons. The highest BCUT2D eigenvalue weighted by molar-refractivity contribution is 5.92. The summed E-state index contributed by atoms with van der Waals surface area (Å²) in [5.41, 5.74) is 1.25. The number of likely N-dealkylation sites (tertiary alicyclic amines) is 1. The van der Waals surface area contributed by atoms with Crippen LogP contribution in [0.25, 0.3) is 11.3 Å². The molecule has 6 nitrogen and oxygen atoms in total. The van der Waals surface area contributed by atoms with Crippen LogP contribution in [0, 0.1) is 0 Å². The number of carbonyl (C=O) groups is 1. The van der Waals surface area contributed by atoms with E-state index in [0.29, 0.717) is 42.9 Å². The Kier molecular flexibility index (Phi) is 5.04. The standard InChI is InChI=1S/C20H18F3N5O/c21-20(22,23)15-3-1-2-14(10-15)18-12-24-11-17(26-18)13-5-8-28(9-6-13)19(29)16-4-7-25-27-16/h1-4,7,10-13H,5-6,8-9H2,(H,25,27). The van der Waals surface area contributed by atoms with Crippen molar-refractivity contribution in [2.75, 3.05) is 13.1 Å². The van der Waals surface area contributed by atoms with Gasteiger partial charge in [0.25, 0.3) is 5.91 Å². The molecule has 0 saturated carbocycles. The van der Waals surface area contributed by atoms with Crippen LogP contribution in [-0.4, -0.2) is 44.1 Å². The van der Waals surface area contributed by atoms with Crippen molar-refractivity contribution < 1.29 is 18.0 Å². The first-order chi connectivity index (χ1) is 13.9. The first kappa shape index (κ1) is 19.1. The maximum absolute atomic E-state index is 13.0. The fourth-order valence-electron chi connectivity index (χ4n) is 3.50. The maximum atomic E-state index is 13.0. The number of nitrogens with one attached hydrogen (secondary N) is 1. The molecule has 3 aromatic rings. The van der Waals surface area contributed by atoms with Crippen LogP contribution >= 0.6 is 0 Å². The van der Waals surface area contributed by atoms with Gasteiger partial charge < -0.3 is 4.90 Å². The summed E-state index contributed by atoms with van der Waals surface area (Å²) in [5, 5.41) is 6.47. The summed E-state index contributed by atoms with van der Waals surface area (Å²) in [7, 11) is 0. The van der Waals surface area contributed by atoms with Gasteiger partial charge in [0, 0.05) is 37.0 Å². The molecule has 9 heteroatoms. The first-order valence-electron chi connectivity index (χ1n) is 9.20. The number of H-pyrrole nitrogens is 1. The van der Waals surface area contributed by atoms with Gasteiger partial charge in [-0.1, -0.05) is 12.1 Å². The second-order valence-electron chi connectivity index (χ2n) is 6.94. The molecule has 1 N–H and O–H groups in total. The average molecular weight is 401 g/mol. The minimum atomic E-state index is -4.41. The smallest absolute Gasteiger partial charge is 0.337 e. The van der Waals surface area contributed by atoms with Gasteiger partial charge in [-0.05, 0) is 31.0 Å². The third-order valence-electron chi connectivity index (χ3n) is 5.07. The Labute approximate surface area is 164 Å². The van der Waals surface area contributed by atoms with E-state index in [0.717, 1.165) is 17.8 Å². The second kappa shape index (κ2) is 7.65. The van der Waals surface area contributed by atoms with Crippen molar-refractivity contribution in [1.29, 1.82) is 0 Å². The molecular weight excluding hydrogens is 383 g/mol. The monoisotopic (exact) mass is 401 g/mol. The highest BCUT2D eigenvalue weighted by atomic mass is 19.4. The molecule has 1 fully saturated rings. The number of nitrogens with zero attached hydrogens (tertiary/aromatic N) is 4. The lowest BCUT2D eigenvalue weighted by molar-refractivity contribution is -0.137. The molecule has 1 aliphatic heterocycles. The minimum Gasteiger partial charge on any atom is -0.337 e. The van der Waals surface area contributed by atoms with Crippen molar-refractivity contribution in [2.24, 2.45) is 0 Å². The minimum absolute atomic E-state index is 0.0928. The van der Waals surface area contributed by atoms with Gasteiger partial charge in [0.05, 0.1) is 23.1 Å². The van der Waals surface area contributed by atoms with Crippen molar-refractivity contribution in [1.82, 2.24) is 25.1 Å². The van der Waals surface area contributed by atoms with E-state index >= 15 is 0 Å². The normalized spacial score (nSPS) is 15.5. The molecule has 4 rings (SSSR count). The molecule has 0 aliphatic carbocycles. The highest BCUT2D eigenvalue weighted by Gasteiger charge is 2.31. The van der Waals surface area contributed by atoms with E-state index in [-0.39, 0.29) is 11.8 Å². The predicted molar refractivity (Wildman–Crippen MR) is 98.9 cm³/mol. The number of alkyl halides is 3. The zero-order valence-electron chi connectivity index (χ0n) is 15.4. The molecule has 1 amide bonds. The largest absolute Gasteiger partial charge is 0.416 e. The van der Waals surface area contributed by atoms with Crippen LogP contribution in [0.15, 0.2) is 48.9 Å². The Morgan fingerprint density at radius 2 is 1.93 bits per heavy atom. The van der Waals surface area contributed by atoms with Crippen LogP contribution in [0.3, 0.4) is 0 Å². The average Bonchev–Trinajstić information content (AvgIpc) is 3.28. The van der Waals surface area contributed by atoms with Gasteiger partial charge in [0.2, 0.25) is 0 Å². The lowest BCUT2D eigenvalue weighted by Crippen LogP contribution is -2.38. The van der Waals surface area contributed by atoms with E-state index in [1.807, 2.05) is 0 Å². The van der Waals surface area contributed by atoms with Crippen LogP contribution in [0.4, 0.5) is 13.2 Å². The number of amides is 1. The van der Waals surface area contributed by atoms with Gasteiger partial charge in [-0.15, -0.1) is 0 Å². The Morgan fingerprint density at radius 3 is 2.62 bits per heavy atom. The Balaban J connectivity index is 1.48. The highest BCUT2D eigenvalue weighted by Crippen LogP contribution is 2.32. The first-order valence-corrected chi connectivity index (χ1v) is 9.20. The maximum Gasteiger partial charge on any atom is 0.416 e. The van der Waals surface area contributed by atoms with Gasteiger partial charge >= 0.3 is 6.18 Å². The molecule has 0 unspecified atom stereocenters. The van der Waals surface area contributed by atoms with Gasteiger partial charge in [0.1, 0.15) is 5.69 Å². The number of benzene rings is 1. The number of rotatable bonds is 3. The fraction of sp³-hybridized carbons (Fsp3) is 0.300. The van der Waals surface area contributed by atoms with E-state index < -0.39 is 11.7 Å². The number of hydrogen-bond acceptors (Lipinski definition) is 4. The molecule has 2 aromatic heterocycles. The van der Waals surface area contributed by atoms with E-state index in [4.69, 9.17) is 0 Å². The van der Waals surface area contributed by atoms with Crippen molar-refractivity contribution in [3.8, 4) is 11.3 Å². The summed E-state index contributed by atoms with van der Waals surface area (Å²) in [4.78, 5) is 22.9. The lowest BCUT2D eigenvalue weighted by Gasteiger charge is -2.31. The number of aromatic amines is 1. The number of piperidine rings is 1. The number of carbonyl (C=O) groups excluding carboxylic acids is 1. The van der Waals surface area contributed by atoms with E-state index in [1.54, 1.807) is 23.2 Å². The molecule has 29 heavy (non-hydrogen) atoms. The molecule has 0 atom stereocenters. The Bertz CT molecular complexity index is 995. The van der Waals surface area contributed by atoms with Crippen molar-refractivity contribution in [2.45, 2.75) is 24.9 Å². The van der Waals surface area contributed by atoms with Gasteiger partial charge in [-0.25, -0.2) is 4.98 Å². The summed E-state index contributed by atoms with van der Waals surface area (Å²) in [6, 6.07) is 6.71. The van der Waals surface area contributed by atoms with Gasteiger partial charge in [-0.3, -0.25) is 14.9 Å². The van der Waals surface area contributed by atoms with E-state index in [9.17, 15) is 18.0 Å². The summed E-state index contributed by atoms with van der Waals surface area (Å²) >= 11 is 0. The van der Waals surface area contributed by atoms with Crippen LogP contribution in [0.2, 0.25) is 0 Å². The zero-order valence-corrected chi connectivity index (χ0v) is 15.4. The molecular formula is C20H18F3N5O. The molecule has 1 aromatic carbocycles. The zero-order chi connectivity index (χ0) is 20.4. The SMILES string of the molecule is O=C(c1ccn[nH]1)N1CCC(c2cncc(-c3cccc(C(F)(F)F)c3)n2)CC1. The third kappa shape index (κ3) is 4.13. The lowest BCUT2D eigenvalue weighted by atomic mass is 9.93. The van der Waals surface area contributed by atoms with Gasteiger partial charge in [-0.2, -0.15) is 18.3 Å². The summed E-state index contributed by atoms with van der Waals surface area (Å²) in [6.45, 7) is 1.13. The molecule has 0 spiro atoms. The Hall–Kier alpha value is -3.23. The molecule has 0 radical (unpaired) electrons. The van der Waals surface area contributed by atoms with Crippen LogP contribution in [0.1, 0.15) is 40.5 Å². The molecule has 3 heterocycles. The number of hydrogen-bond donors (Lipinski definition) is 1. The summed E-state index contributed by atoms with van der Waals surface area (Å²) < 4.78 is 38.9. The van der Waals surface area contributed by atoms with Crippen LogP contribution in [-0.2, 0) is 6.18 Å². The third-order valence-corrected chi connectivity index (χ3v) is 5.07. The van der Waals surface area contributed by atoms with E-state index in [2.05, 4.69) is 20.2 Å². The van der Waals surface area contributed by atoms with Crippen molar-refractivity contribution in [3.05, 3.63) is 65.9 Å². The predicted octanol–water partition coefficient (Wildman–Crippen LogP) is 3.91. The number of aromatic nitrogens is 4. The molecule has 1 saturated heterocycles. The van der Waals surface area contributed by atoms with Crippen molar-refractivity contribution >= 4 is 5.91 Å². The molecule has 0 bridgehead atoms. The van der Waals surface area contributed by atoms with Crippen molar-refractivity contribution in [3.63, 3.8) is 0 Å². The van der Waals surface area contributed by atoms with E-state index in [1.165, 1.54) is 18.5 Å². The van der Waals surface area contributed by atoms with Gasteiger partial charge in [0.15, 0.2) is 0 Å². The number of halogens is 3. The summed E-state index contributed by atoms with van der Waals surface area (Å²) in [6.07, 6.45) is 1.66. The Morgan fingerprint density at radius 1 is 1.14 bits per heavy atom. The topological polar surface area (TPSA) is 74.8 Å². The quantitative estimate of drug-likeness (QED) is 0.722.